The van der Waals surface area contributed by atoms with Crippen LogP contribution in [0.5, 0.6) is 0 Å². The Morgan fingerprint density at radius 3 is 1.75 bits per heavy atom. The Bertz CT molecular complexity index is 2450. The van der Waals surface area contributed by atoms with Crippen LogP contribution in [-0.2, 0) is 71.3 Å². The molecule has 4 N–H and O–H groups in total. The average molecular weight is 780 g/mol. The molecule has 4 aliphatic rings. The van der Waals surface area contributed by atoms with Crippen LogP contribution in [-0.4, -0.2) is 30.7 Å². The third-order valence-corrected chi connectivity index (χ3v) is 15.0. The summed E-state index contributed by atoms with van der Waals surface area (Å²) in [6, 6.07) is 15.1. The summed E-state index contributed by atoms with van der Waals surface area (Å²) in [5.41, 5.74) is 13.6. The number of carbonyl (C=O) groups excluding carboxylic acids is 2. The zero-order valence-corrected chi connectivity index (χ0v) is 33.6. The van der Waals surface area contributed by atoms with Crippen LogP contribution < -0.4 is 20.1 Å². The number of benzene rings is 4. The molecule has 2 atom stereocenters. The molecule has 0 spiro atoms. The average Bonchev–Trinajstić information content (AvgIpc) is 3.95. The second kappa shape index (κ2) is 14.4. The lowest BCUT2D eigenvalue weighted by Crippen LogP contribution is -2.35. The van der Waals surface area contributed by atoms with Crippen molar-refractivity contribution in [3.63, 3.8) is 0 Å². The minimum Gasteiger partial charge on any atom is -0.307 e. The lowest BCUT2D eigenvalue weighted by atomic mass is 9.92. The predicted octanol–water partition coefficient (Wildman–Crippen LogP) is 8.13. The number of carbonyl (C=O) groups is 2. The van der Waals surface area contributed by atoms with Gasteiger partial charge in [-0.25, -0.2) is 36.0 Å². The fraction of sp³-hybridized carbons (Fsp3) is 0.395. The van der Waals surface area contributed by atoms with Crippen molar-refractivity contribution in [2.24, 2.45) is 4.36 Å². The lowest BCUT2D eigenvalue weighted by molar-refractivity contribution is 0.255. The predicted molar refractivity (Wildman–Crippen MR) is 217 cm³/mol. The second-order valence-electron chi connectivity index (χ2n) is 15.9. The monoisotopic (exact) mass is 779 g/mol. The lowest BCUT2D eigenvalue weighted by Gasteiger charge is -2.19. The second-order valence-corrected chi connectivity index (χ2v) is 19.5. The van der Waals surface area contributed by atoms with E-state index in [4.69, 9.17) is 0 Å². The Morgan fingerprint density at radius 2 is 1.16 bits per heavy atom. The zero-order valence-electron chi connectivity index (χ0n) is 31.9. The number of fused-ring (bicyclic) bond motifs is 4. The molecule has 4 aliphatic carbocycles. The van der Waals surface area contributed by atoms with Gasteiger partial charge in [-0.15, -0.1) is 0 Å². The molecule has 0 radical (unpaired) electrons. The van der Waals surface area contributed by atoms with Gasteiger partial charge in [-0.3, -0.25) is 0 Å². The van der Waals surface area contributed by atoms with Crippen molar-refractivity contribution in [2.75, 3.05) is 10.6 Å². The molecule has 288 valence electrons. The van der Waals surface area contributed by atoms with Crippen LogP contribution in [0.2, 0.25) is 0 Å². The number of nitrogens with one attached hydrogen (secondary N) is 4. The summed E-state index contributed by atoms with van der Waals surface area (Å²) in [5, 5.41) is 6.05. The van der Waals surface area contributed by atoms with E-state index in [1.54, 1.807) is 30.3 Å². The molecule has 0 heterocycles. The van der Waals surface area contributed by atoms with Crippen LogP contribution >= 0.6 is 0 Å². The van der Waals surface area contributed by atoms with Crippen molar-refractivity contribution in [3.8, 4) is 0 Å². The summed E-state index contributed by atoms with van der Waals surface area (Å²) < 4.78 is 51.2. The van der Waals surface area contributed by atoms with Crippen molar-refractivity contribution in [1.82, 2.24) is 9.44 Å². The largest absolute Gasteiger partial charge is 0.333 e. The quantitative estimate of drug-likeness (QED) is 0.143. The Morgan fingerprint density at radius 1 is 0.636 bits per heavy atom. The van der Waals surface area contributed by atoms with Crippen LogP contribution in [0.1, 0.15) is 100 Å². The number of hydrogen-bond donors (Lipinski definition) is 4. The van der Waals surface area contributed by atoms with Gasteiger partial charge in [0.1, 0.15) is 0 Å². The van der Waals surface area contributed by atoms with Gasteiger partial charge in [-0.2, -0.15) is 0 Å². The van der Waals surface area contributed by atoms with Crippen molar-refractivity contribution in [3.05, 3.63) is 116 Å². The van der Waals surface area contributed by atoms with Gasteiger partial charge >= 0.3 is 12.1 Å². The van der Waals surface area contributed by atoms with Crippen LogP contribution in [0.4, 0.5) is 21.0 Å². The smallest absolute Gasteiger partial charge is 0.307 e. The van der Waals surface area contributed by atoms with Gasteiger partial charge in [0.05, 0.1) is 15.8 Å². The molecule has 0 bridgehead atoms. The maximum absolute atomic E-state index is 14.2. The molecule has 0 aliphatic heterocycles. The fourth-order valence-corrected chi connectivity index (χ4v) is 11.8. The molecule has 12 heteroatoms. The van der Waals surface area contributed by atoms with Gasteiger partial charge in [0.25, 0.3) is 10.0 Å². The van der Waals surface area contributed by atoms with Crippen LogP contribution in [0.15, 0.2) is 68.8 Å². The number of urea groups is 2. The zero-order chi connectivity index (χ0) is 38.6. The number of sulfonamides is 1. The van der Waals surface area contributed by atoms with Crippen molar-refractivity contribution < 1.29 is 22.2 Å². The number of nitrogens with zero attached hydrogens (tertiary/aromatic N) is 1. The van der Waals surface area contributed by atoms with E-state index in [-0.39, 0.29) is 16.9 Å². The minimum absolute atomic E-state index is 0.0303. The van der Waals surface area contributed by atoms with Gasteiger partial charge in [0.2, 0.25) is 0 Å². The van der Waals surface area contributed by atoms with Crippen LogP contribution in [0.3, 0.4) is 0 Å². The maximum atomic E-state index is 14.2. The molecule has 0 fully saturated rings. The van der Waals surface area contributed by atoms with E-state index in [9.17, 15) is 22.2 Å². The summed E-state index contributed by atoms with van der Waals surface area (Å²) in [4.78, 5) is 27.6. The molecule has 0 saturated carbocycles. The molecular weight excluding hydrogens is 731 g/mol. The number of amides is 4. The number of anilines is 2. The molecule has 55 heavy (non-hydrogen) atoms. The normalized spacial score (nSPS) is 17.9. The van der Waals surface area contributed by atoms with E-state index in [1.807, 2.05) is 39.8 Å². The summed E-state index contributed by atoms with van der Waals surface area (Å²) in [6.07, 6.45) is 9.74. The van der Waals surface area contributed by atoms with Gasteiger partial charge < -0.3 is 10.6 Å². The van der Waals surface area contributed by atoms with Gasteiger partial charge in [0, 0.05) is 11.4 Å². The maximum Gasteiger partial charge on any atom is 0.333 e. The van der Waals surface area contributed by atoms with Gasteiger partial charge in [-0.05, 0) is 184 Å². The third-order valence-electron chi connectivity index (χ3n) is 11.6. The summed E-state index contributed by atoms with van der Waals surface area (Å²) in [5.74, 6) is -0.0488. The highest BCUT2D eigenvalue weighted by molar-refractivity contribution is 7.92. The first kappa shape index (κ1) is 37.3. The molecule has 10 nitrogen and oxygen atoms in total. The van der Waals surface area contributed by atoms with Gasteiger partial charge in [0.15, 0.2) is 9.92 Å². The molecule has 4 aromatic carbocycles. The Hall–Kier alpha value is -4.68. The molecule has 2 unspecified atom stereocenters. The third kappa shape index (κ3) is 7.26. The first-order valence-corrected chi connectivity index (χ1v) is 22.5. The standard InChI is InChI=1S/C43H49N5O5S2/c1-25(2)46-54(51,33-17-14-26(3)15-18-33)47-42(49)45-41-37-13-7-10-30(37)21-31-22-32(23-39(31)41)38-24-34(19-16-27(38)4)55(52,53)48-43(50)44-40-35-11-5-8-28(35)20-29-9-6-12-36(29)40/h14-21,24-25,32H,5-13,22-23H2,1-4H3,(H2,44,48,50)(H2,45,46,47,49,51). The highest BCUT2D eigenvalue weighted by Crippen LogP contribution is 2.44. The minimum atomic E-state index is -4.19. The topological polar surface area (TPSA) is 146 Å². The van der Waals surface area contributed by atoms with E-state index >= 15 is 0 Å². The van der Waals surface area contributed by atoms with E-state index in [1.165, 1.54) is 16.7 Å². The molecule has 8 rings (SSSR count). The summed E-state index contributed by atoms with van der Waals surface area (Å²) >= 11 is 0. The highest BCUT2D eigenvalue weighted by atomic mass is 32.2. The van der Waals surface area contributed by atoms with Gasteiger partial charge in [-0.1, -0.05) is 35.9 Å². The first-order valence-electron chi connectivity index (χ1n) is 19.5. The molecule has 0 saturated heterocycles. The highest BCUT2D eigenvalue weighted by Gasteiger charge is 2.33. The van der Waals surface area contributed by atoms with E-state index < -0.39 is 32.0 Å². The number of hydrogen-bond acceptors (Lipinski definition) is 6. The number of aryl methyl sites for hydroxylation is 5. The first-order chi connectivity index (χ1) is 26.3. The van der Waals surface area contributed by atoms with Crippen LogP contribution in [0.25, 0.3) is 0 Å². The molecular formula is C43H49N5O5S2. The van der Waals surface area contributed by atoms with Crippen LogP contribution in [0, 0.1) is 13.8 Å². The van der Waals surface area contributed by atoms with E-state index in [0.717, 1.165) is 114 Å². The fourth-order valence-electron chi connectivity index (χ4n) is 9.17. The Kier molecular flexibility index (Phi) is 9.78. The van der Waals surface area contributed by atoms with Crippen molar-refractivity contribution in [2.45, 2.75) is 120 Å². The van der Waals surface area contributed by atoms with Crippen molar-refractivity contribution >= 4 is 43.4 Å². The van der Waals surface area contributed by atoms with Crippen molar-refractivity contribution in [1.29, 1.82) is 0 Å². The Labute approximate surface area is 324 Å². The summed E-state index contributed by atoms with van der Waals surface area (Å²) in [6.45, 7) is 7.58. The Balaban J connectivity index is 1.03. The summed E-state index contributed by atoms with van der Waals surface area (Å²) in [7, 11) is -7.46. The van der Waals surface area contributed by atoms with E-state index in [2.05, 4.69) is 36.6 Å². The molecule has 4 amide bonds. The molecule has 0 aromatic heterocycles. The molecule has 4 aromatic rings. The SMILES string of the molecule is Cc1ccc(S(=O)(=NC(C)C)NC(=O)Nc2c3c(cc4c2CC(c2cc(S(=O)(=O)NC(=O)Nc5c6c(cc7c5CCC7)CCC6)ccc2C)C4)CCC3)cc1. The number of rotatable bonds is 8. The van der Waals surface area contributed by atoms with E-state index in [0.29, 0.717) is 17.7 Å².